The lowest BCUT2D eigenvalue weighted by molar-refractivity contribution is 0.0695. The summed E-state index contributed by atoms with van der Waals surface area (Å²) in [4.78, 5) is 41.9. The van der Waals surface area contributed by atoms with Crippen LogP contribution in [-0.2, 0) is 5.75 Å². The number of alkyl halides is 2. The molecule has 3 rings (SSSR count). The zero-order chi connectivity index (χ0) is 26.7. The molecule has 0 saturated heterocycles. The number of benzene rings is 1. The standard InChI is InChI=1S/C23H18F2N4O6S/c1-9-5-13(18(24)25)28-21(12(9)7-26)36-8-11-6-10(3-4-14(11)35-2)15-16(22(31)32)19(27)29-20(30)17(15)23(33)34/h3-6,18H,8H2,1-2H3,(H,31,32)(H,33,34)(H3,27,29,30). The van der Waals surface area contributed by atoms with Gasteiger partial charge in [0.05, 0.1) is 12.7 Å². The second-order valence-corrected chi connectivity index (χ2v) is 8.34. The molecule has 2 heterocycles. The Morgan fingerprint density at radius 2 is 1.92 bits per heavy atom. The zero-order valence-corrected chi connectivity index (χ0v) is 19.6. The molecule has 1 aromatic carbocycles. The van der Waals surface area contributed by atoms with Gasteiger partial charge in [0.25, 0.3) is 12.0 Å². The summed E-state index contributed by atoms with van der Waals surface area (Å²) < 4.78 is 31.8. The number of pyridine rings is 2. The Balaban J connectivity index is 2.17. The van der Waals surface area contributed by atoms with Gasteiger partial charge in [0, 0.05) is 16.9 Å². The number of hydrogen-bond donors (Lipinski definition) is 4. The van der Waals surface area contributed by atoms with Gasteiger partial charge in [-0.2, -0.15) is 5.26 Å². The summed E-state index contributed by atoms with van der Waals surface area (Å²) in [6.45, 7) is 1.51. The molecule has 186 valence electrons. The second-order valence-electron chi connectivity index (χ2n) is 7.38. The van der Waals surface area contributed by atoms with Crippen LogP contribution >= 0.6 is 11.8 Å². The molecule has 36 heavy (non-hydrogen) atoms. The number of nitrogens with one attached hydrogen (secondary N) is 1. The van der Waals surface area contributed by atoms with Crippen LogP contribution in [0.4, 0.5) is 14.6 Å². The Kier molecular flexibility index (Phi) is 7.59. The SMILES string of the molecule is COc1ccc(-c2c(C(=O)O)c(N)[nH]c(=O)c2C(=O)O)cc1CSc1nc(C(F)F)cc(C)c1C#N. The van der Waals surface area contributed by atoms with Gasteiger partial charge >= 0.3 is 11.9 Å². The lowest BCUT2D eigenvalue weighted by atomic mass is 9.94. The molecular formula is C23H18F2N4O6S. The Morgan fingerprint density at radius 1 is 1.25 bits per heavy atom. The van der Waals surface area contributed by atoms with E-state index in [4.69, 9.17) is 10.5 Å². The van der Waals surface area contributed by atoms with Crippen molar-refractivity contribution < 1.29 is 33.3 Å². The predicted molar refractivity (Wildman–Crippen MR) is 126 cm³/mol. The highest BCUT2D eigenvalue weighted by atomic mass is 32.2. The topological polar surface area (TPSA) is 179 Å². The minimum absolute atomic E-state index is 0.0221. The number of carbonyl (C=O) groups is 2. The Morgan fingerprint density at radius 3 is 2.47 bits per heavy atom. The minimum Gasteiger partial charge on any atom is -0.496 e. The van der Waals surface area contributed by atoms with Crippen molar-refractivity contribution in [3.8, 4) is 22.9 Å². The average molecular weight is 516 g/mol. The molecule has 13 heteroatoms. The van der Waals surface area contributed by atoms with Crippen molar-refractivity contribution in [1.29, 1.82) is 5.26 Å². The molecular weight excluding hydrogens is 498 g/mol. The molecule has 0 aliphatic rings. The fourth-order valence-electron chi connectivity index (χ4n) is 3.55. The monoisotopic (exact) mass is 516 g/mol. The van der Waals surface area contributed by atoms with Crippen LogP contribution in [0.1, 0.15) is 49.5 Å². The number of thioether (sulfide) groups is 1. The van der Waals surface area contributed by atoms with Crippen LogP contribution in [-0.4, -0.2) is 39.2 Å². The van der Waals surface area contributed by atoms with Crippen molar-refractivity contribution in [3.63, 3.8) is 0 Å². The second kappa shape index (κ2) is 10.4. The number of rotatable bonds is 8. The summed E-state index contributed by atoms with van der Waals surface area (Å²) in [5, 5.41) is 28.8. The molecule has 5 N–H and O–H groups in total. The number of methoxy groups -OCH3 is 1. The fraction of sp³-hybridized carbons (Fsp3) is 0.174. The number of carboxylic acid groups (broad SMARTS) is 2. The van der Waals surface area contributed by atoms with Gasteiger partial charge in [-0.1, -0.05) is 6.07 Å². The third kappa shape index (κ3) is 4.98. The molecule has 0 aliphatic heterocycles. The summed E-state index contributed by atoms with van der Waals surface area (Å²) in [6.07, 6.45) is -2.85. The van der Waals surface area contributed by atoms with Crippen LogP contribution in [0.25, 0.3) is 11.1 Å². The number of anilines is 1. The summed E-state index contributed by atoms with van der Waals surface area (Å²) in [5.74, 6) is -3.42. The largest absolute Gasteiger partial charge is 0.496 e. The number of aromatic carboxylic acids is 2. The third-order valence-electron chi connectivity index (χ3n) is 5.14. The summed E-state index contributed by atoms with van der Waals surface area (Å²) in [5.41, 5.74) is 3.14. The van der Waals surface area contributed by atoms with Crippen LogP contribution in [0, 0.1) is 18.3 Å². The number of nitrogen functional groups attached to an aromatic ring is 1. The Labute approximate surface area is 206 Å². The van der Waals surface area contributed by atoms with Crippen LogP contribution < -0.4 is 16.0 Å². The average Bonchev–Trinajstić information content (AvgIpc) is 2.80. The van der Waals surface area contributed by atoms with Crippen LogP contribution in [0.2, 0.25) is 0 Å². The quantitative estimate of drug-likeness (QED) is 0.321. The highest BCUT2D eigenvalue weighted by molar-refractivity contribution is 7.98. The van der Waals surface area contributed by atoms with Gasteiger partial charge < -0.3 is 25.7 Å². The molecule has 0 amide bonds. The van der Waals surface area contributed by atoms with Gasteiger partial charge in [-0.05, 0) is 36.2 Å². The van der Waals surface area contributed by atoms with E-state index in [1.54, 1.807) is 0 Å². The lowest BCUT2D eigenvalue weighted by Gasteiger charge is -2.15. The van der Waals surface area contributed by atoms with Crippen molar-refractivity contribution in [1.82, 2.24) is 9.97 Å². The Bertz CT molecular complexity index is 1480. The summed E-state index contributed by atoms with van der Waals surface area (Å²) in [7, 11) is 1.36. The number of aryl methyl sites for hydroxylation is 1. The minimum atomic E-state index is -2.85. The molecule has 0 saturated carbocycles. The normalized spacial score (nSPS) is 10.8. The summed E-state index contributed by atoms with van der Waals surface area (Å²) >= 11 is 0.959. The molecule has 3 aromatic rings. The predicted octanol–water partition coefficient (Wildman–Crippen LogP) is 3.83. The van der Waals surface area contributed by atoms with E-state index in [2.05, 4.69) is 4.98 Å². The maximum Gasteiger partial charge on any atom is 0.342 e. The van der Waals surface area contributed by atoms with E-state index in [9.17, 15) is 38.6 Å². The van der Waals surface area contributed by atoms with E-state index in [0.29, 0.717) is 16.9 Å². The Hall–Kier alpha value is -4.44. The molecule has 10 nitrogen and oxygen atoms in total. The first-order valence-electron chi connectivity index (χ1n) is 10.0. The van der Waals surface area contributed by atoms with Crippen molar-refractivity contribution in [2.24, 2.45) is 0 Å². The first kappa shape index (κ1) is 26.2. The van der Waals surface area contributed by atoms with Crippen molar-refractivity contribution in [3.05, 3.63) is 68.1 Å². The van der Waals surface area contributed by atoms with Gasteiger partial charge in [0.2, 0.25) is 0 Å². The number of nitriles is 1. The van der Waals surface area contributed by atoms with Crippen LogP contribution in [0.15, 0.2) is 34.1 Å². The van der Waals surface area contributed by atoms with Crippen molar-refractivity contribution in [2.45, 2.75) is 24.1 Å². The number of hydrogen-bond acceptors (Lipinski definition) is 8. The highest BCUT2D eigenvalue weighted by Crippen LogP contribution is 2.36. The number of carboxylic acids is 2. The maximum absolute atomic E-state index is 13.2. The van der Waals surface area contributed by atoms with Gasteiger partial charge in [-0.15, -0.1) is 11.8 Å². The first-order chi connectivity index (χ1) is 17.0. The molecule has 0 aliphatic carbocycles. The third-order valence-corrected chi connectivity index (χ3v) is 6.17. The first-order valence-corrected chi connectivity index (χ1v) is 11.0. The van der Waals surface area contributed by atoms with E-state index in [1.807, 2.05) is 11.1 Å². The van der Waals surface area contributed by atoms with Crippen LogP contribution in [0.5, 0.6) is 5.75 Å². The molecule has 2 aromatic heterocycles. The van der Waals surface area contributed by atoms with Gasteiger partial charge in [0.1, 0.15) is 39.5 Å². The molecule has 0 atom stereocenters. The zero-order valence-electron chi connectivity index (χ0n) is 18.8. The van der Waals surface area contributed by atoms with Crippen molar-refractivity contribution in [2.75, 3.05) is 12.8 Å². The number of H-pyrrole nitrogens is 1. The number of aromatic nitrogens is 2. The van der Waals surface area contributed by atoms with Crippen LogP contribution in [0.3, 0.4) is 0 Å². The van der Waals surface area contributed by atoms with E-state index in [-0.39, 0.29) is 21.9 Å². The molecule has 0 spiro atoms. The number of halogens is 2. The number of ether oxygens (including phenoxy) is 1. The van der Waals surface area contributed by atoms with Gasteiger partial charge in [0.15, 0.2) is 0 Å². The highest BCUT2D eigenvalue weighted by Gasteiger charge is 2.27. The number of nitrogens with two attached hydrogens (primary N) is 1. The van der Waals surface area contributed by atoms with E-state index in [0.717, 1.165) is 17.8 Å². The van der Waals surface area contributed by atoms with Gasteiger partial charge in [-0.25, -0.2) is 23.4 Å². The fourth-order valence-corrected chi connectivity index (χ4v) is 4.59. The van der Waals surface area contributed by atoms with E-state index < -0.39 is 52.1 Å². The molecule has 0 bridgehead atoms. The van der Waals surface area contributed by atoms with E-state index >= 15 is 0 Å². The summed E-state index contributed by atoms with van der Waals surface area (Å²) in [6, 6.07) is 7.26. The van der Waals surface area contributed by atoms with E-state index in [1.165, 1.54) is 32.2 Å². The smallest absolute Gasteiger partial charge is 0.342 e. The van der Waals surface area contributed by atoms with Gasteiger partial charge in [-0.3, -0.25) is 4.79 Å². The maximum atomic E-state index is 13.2. The number of nitrogens with zero attached hydrogens (tertiary/aromatic N) is 2. The van der Waals surface area contributed by atoms with Crippen molar-refractivity contribution >= 4 is 29.5 Å². The molecule has 0 fully saturated rings. The molecule has 0 unspecified atom stereocenters. The lowest BCUT2D eigenvalue weighted by Crippen LogP contribution is -2.24. The molecule has 0 radical (unpaired) electrons. The number of aromatic amines is 1.